The lowest BCUT2D eigenvalue weighted by atomic mass is 9.99. The summed E-state index contributed by atoms with van der Waals surface area (Å²) in [5.74, 6) is -0.272. The Labute approximate surface area is 240 Å². The van der Waals surface area contributed by atoms with Crippen molar-refractivity contribution < 1.29 is 9.59 Å². The van der Waals surface area contributed by atoms with Crippen LogP contribution in [0.5, 0.6) is 0 Å². The van der Waals surface area contributed by atoms with E-state index in [4.69, 9.17) is 23.2 Å². The van der Waals surface area contributed by atoms with Gasteiger partial charge < -0.3 is 10.2 Å². The van der Waals surface area contributed by atoms with Crippen molar-refractivity contribution in [3.8, 4) is 0 Å². The summed E-state index contributed by atoms with van der Waals surface area (Å²) in [6.45, 7) is 4.20. The first-order chi connectivity index (χ1) is 18.9. The minimum absolute atomic E-state index is 0.0115. The molecule has 0 aliphatic heterocycles. The van der Waals surface area contributed by atoms with Gasteiger partial charge in [-0.05, 0) is 59.4 Å². The molecule has 0 heterocycles. The van der Waals surface area contributed by atoms with Crippen LogP contribution in [0, 0.1) is 0 Å². The van der Waals surface area contributed by atoms with Gasteiger partial charge in [-0.1, -0.05) is 109 Å². The first-order valence-electron chi connectivity index (χ1n) is 13.4. The number of nitrogens with one attached hydrogen (secondary N) is 1. The van der Waals surface area contributed by atoms with Crippen LogP contribution in [0.25, 0.3) is 10.8 Å². The van der Waals surface area contributed by atoms with Crippen molar-refractivity contribution in [2.24, 2.45) is 0 Å². The maximum Gasteiger partial charge on any atom is 0.243 e. The van der Waals surface area contributed by atoms with E-state index < -0.39 is 6.04 Å². The van der Waals surface area contributed by atoms with E-state index >= 15 is 0 Å². The molecule has 0 unspecified atom stereocenters. The zero-order valence-corrected chi connectivity index (χ0v) is 23.9. The van der Waals surface area contributed by atoms with Crippen molar-refractivity contribution in [3.63, 3.8) is 0 Å². The van der Waals surface area contributed by atoms with Gasteiger partial charge in [0, 0.05) is 35.5 Å². The lowest BCUT2D eigenvalue weighted by molar-refractivity contribution is -0.141. The number of fused-ring (bicyclic) bond motifs is 1. The number of carbonyl (C=O) groups excluding carboxylic acids is 2. The fourth-order valence-electron chi connectivity index (χ4n) is 4.72. The first-order valence-corrected chi connectivity index (χ1v) is 14.2. The number of hydrogen-bond acceptors (Lipinski definition) is 2. The van der Waals surface area contributed by atoms with Gasteiger partial charge in [0.1, 0.15) is 6.04 Å². The summed E-state index contributed by atoms with van der Waals surface area (Å²) >= 11 is 12.7. The number of benzene rings is 4. The van der Waals surface area contributed by atoms with Gasteiger partial charge in [-0.25, -0.2) is 0 Å². The standard InChI is InChI=1S/C33H34Cl2N2O2/c1-3-23(2)36-33(39)31(20-24-10-5-4-6-11-24)37(22-27-16-18-28(34)21-30(27)35)32(38)19-17-26-14-9-13-25-12-7-8-15-29(25)26/h4-16,18,21,23,31H,3,17,19-20,22H2,1-2H3,(H,36,39)/t23-,31-/m1/s1. The molecule has 2 atom stereocenters. The number of nitrogens with zero attached hydrogens (tertiary/aromatic N) is 1. The van der Waals surface area contributed by atoms with E-state index in [0.717, 1.165) is 33.9 Å². The third-order valence-electron chi connectivity index (χ3n) is 7.12. The van der Waals surface area contributed by atoms with Crippen LogP contribution in [-0.4, -0.2) is 28.8 Å². The Balaban J connectivity index is 1.67. The molecule has 0 aliphatic carbocycles. The van der Waals surface area contributed by atoms with Gasteiger partial charge >= 0.3 is 0 Å². The van der Waals surface area contributed by atoms with Gasteiger partial charge in [0.15, 0.2) is 0 Å². The monoisotopic (exact) mass is 560 g/mol. The van der Waals surface area contributed by atoms with Gasteiger partial charge in [0.05, 0.1) is 0 Å². The number of halogens is 2. The molecule has 2 amide bonds. The van der Waals surface area contributed by atoms with Gasteiger partial charge in [-0.2, -0.15) is 0 Å². The molecule has 4 nitrogen and oxygen atoms in total. The summed E-state index contributed by atoms with van der Waals surface area (Å²) in [4.78, 5) is 29.4. The summed E-state index contributed by atoms with van der Waals surface area (Å²) in [5, 5.41) is 6.37. The van der Waals surface area contributed by atoms with Crippen molar-refractivity contribution >= 4 is 45.8 Å². The van der Waals surface area contributed by atoms with Crippen molar-refractivity contribution in [1.82, 2.24) is 10.2 Å². The van der Waals surface area contributed by atoms with Crippen LogP contribution in [-0.2, 0) is 29.0 Å². The molecule has 0 saturated carbocycles. The number of amides is 2. The van der Waals surface area contributed by atoms with Gasteiger partial charge in [0.25, 0.3) is 0 Å². The third-order valence-corrected chi connectivity index (χ3v) is 7.70. The highest BCUT2D eigenvalue weighted by atomic mass is 35.5. The molecule has 0 saturated heterocycles. The van der Waals surface area contributed by atoms with E-state index in [1.54, 1.807) is 17.0 Å². The maximum atomic E-state index is 14.0. The second kappa shape index (κ2) is 13.6. The smallest absolute Gasteiger partial charge is 0.243 e. The average molecular weight is 562 g/mol. The summed E-state index contributed by atoms with van der Waals surface area (Å²) in [6.07, 6.45) is 2.02. The second-order valence-electron chi connectivity index (χ2n) is 9.92. The SMILES string of the molecule is CC[C@@H](C)NC(=O)[C@@H](Cc1ccccc1)N(Cc1ccc(Cl)cc1Cl)C(=O)CCc1cccc2ccccc12. The number of hydrogen-bond donors (Lipinski definition) is 1. The van der Waals surface area contributed by atoms with Crippen LogP contribution in [0.15, 0.2) is 91.0 Å². The molecule has 0 bridgehead atoms. The van der Waals surface area contributed by atoms with Crippen LogP contribution in [0.2, 0.25) is 10.0 Å². The van der Waals surface area contributed by atoms with Crippen molar-refractivity contribution in [1.29, 1.82) is 0 Å². The summed E-state index contributed by atoms with van der Waals surface area (Å²) < 4.78 is 0. The fourth-order valence-corrected chi connectivity index (χ4v) is 5.19. The second-order valence-corrected chi connectivity index (χ2v) is 10.8. The molecule has 6 heteroatoms. The molecule has 0 radical (unpaired) electrons. The van der Waals surface area contributed by atoms with Gasteiger partial charge in [0.2, 0.25) is 11.8 Å². The molecule has 0 aromatic heterocycles. The minimum atomic E-state index is -0.701. The molecule has 0 spiro atoms. The van der Waals surface area contributed by atoms with Crippen LogP contribution >= 0.6 is 23.2 Å². The highest BCUT2D eigenvalue weighted by Gasteiger charge is 2.31. The number of carbonyl (C=O) groups is 2. The highest BCUT2D eigenvalue weighted by molar-refractivity contribution is 6.35. The van der Waals surface area contributed by atoms with Crippen molar-refractivity contribution in [3.05, 3.63) is 118 Å². The lowest BCUT2D eigenvalue weighted by Gasteiger charge is -2.32. The number of aryl methyl sites for hydroxylation is 1. The van der Waals surface area contributed by atoms with Crippen LogP contribution < -0.4 is 5.32 Å². The Morgan fingerprint density at radius 3 is 2.33 bits per heavy atom. The largest absolute Gasteiger partial charge is 0.352 e. The van der Waals surface area contributed by atoms with Gasteiger partial charge in [-0.3, -0.25) is 9.59 Å². The average Bonchev–Trinajstić information content (AvgIpc) is 2.95. The Kier molecular flexibility index (Phi) is 10.0. The number of rotatable bonds is 11. The van der Waals surface area contributed by atoms with E-state index in [-0.39, 0.29) is 30.8 Å². The minimum Gasteiger partial charge on any atom is -0.352 e. The molecule has 0 fully saturated rings. The Morgan fingerprint density at radius 2 is 1.59 bits per heavy atom. The van der Waals surface area contributed by atoms with Crippen LogP contribution in [0.4, 0.5) is 0 Å². The lowest BCUT2D eigenvalue weighted by Crippen LogP contribution is -2.52. The third kappa shape index (κ3) is 7.62. The fraction of sp³-hybridized carbons (Fsp3) is 0.273. The highest BCUT2D eigenvalue weighted by Crippen LogP contribution is 2.26. The Hall–Kier alpha value is -3.34. The molecule has 39 heavy (non-hydrogen) atoms. The molecule has 4 rings (SSSR count). The molecule has 4 aromatic carbocycles. The summed E-state index contributed by atoms with van der Waals surface area (Å²) in [6, 6.07) is 28.7. The zero-order valence-electron chi connectivity index (χ0n) is 22.4. The molecule has 0 aliphatic rings. The zero-order chi connectivity index (χ0) is 27.8. The van der Waals surface area contributed by atoms with Crippen LogP contribution in [0.3, 0.4) is 0 Å². The Bertz CT molecular complexity index is 1420. The first kappa shape index (κ1) is 28.7. The van der Waals surface area contributed by atoms with Crippen molar-refractivity contribution in [2.75, 3.05) is 0 Å². The van der Waals surface area contributed by atoms with Crippen LogP contribution in [0.1, 0.15) is 43.4 Å². The Morgan fingerprint density at radius 1 is 0.872 bits per heavy atom. The molecule has 4 aromatic rings. The predicted octanol–water partition coefficient (Wildman–Crippen LogP) is 7.63. The van der Waals surface area contributed by atoms with Crippen molar-refractivity contribution in [2.45, 2.75) is 58.2 Å². The maximum absolute atomic E-state index is 14.0. The molecule has 202 valence electrons. The predicted molar refractivity (Wildman–Crippen MR) is 161 cm³/mol. The van der Waals surface area contributed by atoms with E-state index in [9.17, 15) is 9.59 Å². The molecular formula is C33H34Cl2N2O2. The van der Waals surface area contributed by atoms with E-state index in [1.807, 2.05) is 68.4 Å². The van der Waals surface area contributed by atoms with Gasteiger partial charge in [-0.15, -0.1) is 0 Å². The molecule has 1 N–H and O–H groups in total. The van der Waals surface area contributed by atoms with E-state index in [1.165, 1.54) is 0 Å². The summed E-state index contributed by atoms with van der Waals surface area (Å²) in [5.41, 5.74) is 2.83. The summed E-state index contributed by atoms with van der Waals surface area (Å²) in [7, 11) is 0. The normalized spacial score (nSPS) is 12.6. The molecular weight excluding hydrogens is 527 g/mol. The quantitative estimate of drug-likeness (QED) is 0.205. The van der Waals surface area contributed by atoms with E-state index in [2.05, 4.69) is 29.6 Å². The van der Waals surface area contributed by atoms with E-state index in [0.29, 0.717) is 22.9 Å². The topological polar surface area (TPSA) is 49.4 Å².